The zero-order valence-electron chi connectivity index (χ0n) is 11.3. The van der Waals surface area contributed by atoms with Crippen molar-refractivity contribution in [1.82, 2.24) is 0 Å². The van der Waals surface area contributed by atoms with Crippen LogP contribution in [-0.2, 0) is 28.4 Å². The first-order valence-corrected chi connectivity index (χ1v) is 7.00. The minimum Gasteiger partial charge on any atom is -0.691 e. The van der Waals surface area contributed by atoms with Gasteiger partial charge in [0.05, 0.1) is 0 Å². The van der Waals surface area contributed by atoms with Crippen molar-refractivity contribution in [1.29, 1.82) is 0 Å². The van der Waals surface area contributed by atoms with E-state index in [1.54, 1.807) is 0 Å². The number of hydrogen-bond donors (Lipinski definition) is 0. The van der Waals surface area contributed by atoms with Crippen molar-refractivity contribution in [3.8, 4) is 0 Å². The van der Waals surface area contributed by atoms with Gasteiger partial charge in [0.1, 0.15) is 17.6 Å². The highest BCUT2D eigenvalue weighted by Crippen LogP contribution is 2.36. The maximum atomic E-state index is 13.0. The van der Waals surface area contributed by atoms with E-state index in [1.165, 1.54) is 0 Å². The summed E-state index contributed by atoms with van der Waals surface area (Å²) in [7, 11) is 0. The molecule has 0 amide bonds. The fraction of sp³-hybridized carbons (Fsp3) is 0.818. The number of hydrogen-bond acceptors (Lipinski definition) is 8. The van der Waals surface area contributed by atoms with E-state index in [9.17, 15) is 23.6 Å². The molecule has 0 heterocycles. The molecule has 0 N–H and O–H groups in total. The van der Waals surface area contributed by atoms with E-state index in [2.05, 4.69) is 14.1 Å². The molecule has 1 fully saturated rings. The van der Waals surface area contributed by atoms with Crippen LogP contribution in [0.3, 0.4) is 0 Å². The SMILES string of the molecule is CCC1(OC(=O)COC(=O)C(F)(F)SOO[O-])CCCC1. The van der Waals surface area contributed by atoms with E-state index < -0.39 is 41.4 Å². The number of ether oxygens (including phenoxy) is 2. The molecule has 0 atom stereocenters. The van der Waals surface area contributed by atoms with E-state index in [1.807, 2.05) is 6.92 Å². The fourth-order valence-corrected chi connectivity index (χ4v) is 2.36. The van der Waals surface area contributed by atoms with E-state index >= 15 is 0 Å². The predicted molar refractivity (Wildman–Crippen MR) is 63.2 cm³/mol. The number of carbonyl (C=O) groups excluding carboxylic acids is 2. The molecule has 1 aliphatic carbocycles. The number of alkyl halides is 2. The zero-order chi connectivity index (χ0) is 15.9. The van der Waals surface area contributed by atoms with E-state index in [-0.39, 0.29) is 0 Å². The van der Waals surface area contributed by atoms with E-state index in [4.69, 9.17) is 4.74 Å². The van der Waals surface area contributed by atoms with Gasteiger partial charge in [0.2, 0.25) is 0 Å². The molecule has 1 rings (SSSR count). The highest BCUT2D eigenvalue weighted by Gasteiger charge is 2.44. The molecule has 7 nitrogen and oxygen atoms in total. The third kappa shape index (κ3) is 5.38. The minimum absolute atomic E-state index is 0.597. The molecule has 0 aromatic carbocycles. The van der Waals surface area contributed by atoms with Crippen LogP contribution in [-0.4, -0.2) is 29.4 Å². The lowest BCUT2D eigenvalue weighted by atomic mass is 9.99. The van der Waals surface area contributed by atoms with Crippen molar-refractivity contribution < 1.29 is 42.5 Å². The summed E-state index contributed by atoms with van der Waals surface area (Å²) in [4.78, 5) is 22.6. The molecule has 0 spiro atoms. The Kier molecular flexibility index (Phi) is 6.78. The van der Waals surface area contributed by atoms with Gasteiger partial charge in [-0.3, -0.25) is 5.04 Å². The standard InChI is InChI=1S/C11H16F2O7S/c1-2-10(5-3-4-6-10)18-8(14)7-17-9(15)11(12,13)21-20-19-16/h16H,2-7H2,1H3/p-1. The maximum Gasteiger partial charge on any atom is 0.415 e. The van der Waals surface area contributed by atoms with Gasteiger partial charge >= 0.3 is 17.2 Å². The number of rotatable bonds is 8. The van der Waals surface area contributed by atoms with Crippen molar-refractivity contribution in [2.45, 2.75) is 49.9 Å². The Labute approximate surface area is 123 Å². The summed E-state index contributed by atoms with van der Waals surface area (Å²) in [5.74, 6) is -2.92. The Hall–Kier alpha value is -0.970. The smallest absolute Gasteiger partial charge is 0.415 e. The van der Waals surface area contributed by atoms with Gasteiger partial charge in [-0.05, 0) is 32.1 Å². The van der Waals surface area contributed by atoms with Crippen LogP contribution < -0.4 is 5.26 Å². The van der Waals surface area contributed by atoms with Crippen LogP contribution in [0.4, 0.5) is 8.78 Å². The van der Waals surface area contributed by atoms with Gasteiger partial charge in [-0.25, -0.2) is 9.59 Å². The lowest BCUT2D eigenvalue weighted by Crippen LogP contribution is -2.35. The zero-order valence-corrected chi connectivity index (χ0v) is 12.1. The Bertz CT molecular complexity index is 372. The summed E-state index contributed by atoms with van der Waals surface area (Å²) in [6, 6.07) is 0. The molecule has 10 heteroatoms. The van der Waals surface area contributed by atoms with Crippen molar-refractivity contribution in [2.24, 2.45) is 0 Å². The predicted octanol–water partition coefficient (Wildman–Crippen LogP) is 1.26. The monoisotopic (exact) mass is 329 g/mol. The second kappa shape index (κ2) is 7.87. The van der Waals surface area contributed by atoms with Crippen molar-refractivity contribution >= 4 is 24.0 Å². The first kappa shape index (κ1) is 18.1. The molecular formula is C11H15F2O7S-. The molecule has 0 aromatic heterocycles. The Morgan fingerprint density at radius 1 is 1.33 bits per heavy atom. The Balaban J connectivity index is 2.40. The summed E-state index contributed by atoms with van der Waals surface area (Å²) < 4.78 is 38.7. The van der Waals surface area contributed by atoms with Crippen molar-refractivity contribution in [3.05, 3.63) is 0 Å². The molecule has 1 saturated carbocycles. The lowest BCUT2D eigenvalue weighted by Gasteiger charge is -2.27. The lowest BCUT2D eigenvalue weighted by molar-refractivity contribution is -0.777. The van der Waals surface area contributed by atoms with Gasteiger partial charge in [0, 0.05) is 0 Å². The summed E-state index contributed by atoms with van der Waals surface area (Å²) >= 11 is -0.820. The molecule has 0 radical (unpaired) electrons. The van der Waals surface area contributed by atoms with Crippen LogP contribution >= 0.6 is 12.0 Å². The van der Waals surface area contributed by atoms with Crippen molar-refractivity contribution in [3.63, 3.8) is 0 Å². The first-order chi connectivity index (χ1) is 9.85. The summed E-state index contributed by atoms with van der Waals surface area (Å²) in [6.45, 7) is 0.921. The van der Waals surface area contributed by atoms with E-state index in [0.29, 0.717) is 19.3 Å². The van der Waals surface area contributed by atoms with Gasteiger partial charge in [-0.1, -0.05) is 6.92 Å². The summed E-state index contributed by atoms with van der Waals surface area (Å²) in [6.07, 6.45) is 3.84. The molecule has 0 unspecified atom stereocenters. The van der Waals surface area contributed by atoms with Crippen molar-refractivity contribution in [2.75, 3.05) is 6.61 Å². The van der Waals surface area contributed by atoms with Crippen LogP contribution in [0, 0.1) is 0 Å². The third-order valence-corrected chi connectivity index (χ3v) is 3.71. The minimum atomic E-state index is -4.17. The largest absolute Gasteiger partial charge is 0.691 e. The van der Waals surface area contributed by atoms with Gasteiger partial charge in [-0.15, -0.1) is 0 Å². The highest BCUT2D eigenvalue weighted by molar-refractivity contribution is 7.96. The normalized spacial score (nSPS) is 17.5. The average molecular weight is 329 g/mol. The highest BCUT2D eigenvalue weighted by atomic mass is 32.2. The molecule has 122 valence electrons. The Morgan fingerprint density at radius 2 is 1.95 bits per heavy atom. The molecule has 0 bridgehead atoms. The third-order valence-electron chi connectivity index (χ3n) is 3.21. The second-order valence-corrected chi connectivity index (χ2v) is 5.35. The quantitative estimate of drug-likeness (QED) is 0.284. The first-order valence-electron chi connectivity index (χ1n) is 6.26. The van der Waals surface area contributed by atoms with Gasteiger partial charge in [0.25, 0.3) is 0 Å². The van der Waals surface area contributed by atoms with Crippen LogP contribution in [0.2, 0.25) is 0 Å². The Morgan fingerprint density at radius 3 is 2.48 bits per heavy atom. The number of esters is 2. The molecule has 0 aliphatic heterocycles. The molecule has 21 heavy (non-hydrogen) atoms. The molecule has 0 saturated heterocycles. The number of carbonyl (C=O) groups is 2. The van der Waals surface area contributed by atoms with Crippen LogP contribution in [0.1, 0.15) is 39.0 Å². The van der Waals surface area contributed by atoms with Gasteiger partial charge in [0.15, 0.2) is 6.61 Å². The van der Waals surface area contributed by atoms with Crippen LogP contribution in [0.25, 0.3) is 0 Å². The maximum absolute atomic E-state index is 13.0. The average Bonchev–Trinajstić information content (AvgIpc) is 2.91. The van der Waals surface area contributed by atoms with Gasteiger partial charge in [-0.2, -0.15) is 13.1 Å². The summed E-state index contributed by atoms with van der Waals surface area (Å²) in [5, 5.41) is 7.96. The molecule has 0 aromatic rings. The second-order valence-electron chi connectivity index (χ2n) is 4.53. The topological polar surface area (TPSA) is 94.1 Å². The van der Waals surface area contributed by atoms with E-state index in [0.717, 1.165) is 12.8 Å². The van der Waals surface area contributed by atoms with Crippen LogP contribution in [0.15, 0.2) is 0 Å². The number of halogens is 2. The summed E-state index contributed by atoms with van der Waals surface area (Å²) in [5.41, 5.74) is -0.597. The molecular weight excluding hydrogens is 314 g/mol. The van der Waals surface area contributed by atoms with Gasteiger partial charge < -0.3 is 14.7 Å². The molecule has 1 aliphatic rings. The van der Waals surface area contributed by atoms with Crippen LogP contribution in [0.5, 0.6) is 0 Å². The fourth-order valence-electron chi connectivity index (χ4n) is 2.12.